The number of nitrogens with zero attached hydrogens (tertiary/aromatic N) is 1. The zero-order valence-electron chi connectivity index (χ0n) is 12.8. The average Bonchev–Trinajstić information content (AvgIpc) is 2.44. The number of nitriles is 1. The minimum Gasteiger partial charge on any atom is -0.419 e. The van der Waals surface area contributed by atoms with Gasteiger partial charge in [-0.25, -0.2) is 14.0 Å². The van der Waals surface area contributed by atoms with E-state index in [0.29, 0.717) is 12.3 Å². The molecule has 0 unspecified atom stereocenters. The molecule has 6 nitrogen and oxygen atoms in total. The number of halogens is 4. The molecule has 132 valence electrons. The van der Waals surface area contributed by atoms with Gasteiger partial charge in [0.2, 0.25) is 0 Å². The summed E-state index contributed by atoms with van der Waals surface area (Å²) >= 11 is 0. The van der Waals surface area contributed by atoms with Crippen LogP contribution in [-0.4, -0.2) is 17.7 Å². The second-order valence-electron chi connectivity index (χ2n) is 5.34. The molecule has 1 heterocycles. The van der Waals surface area contributed by atoms with Crippen LogP contribution >= 0.6 is 0 Å². The molecule has 0 amide bonds. The summed E-state index contributed by atoms with van der Waals surface area (Å²) in [7, 11) is 0. The molecule has 0 spiro atoms. The number of hydrogen-bond donors (Lipinski definition) is 1. The highest BCUT2D eigenvalue weighted by molar-refractivity contribution is 6.15. The molecule has 1 aliphatic rings. The highest BCUT2D eigenvalue weighted by Crippen LogP contribution is 2.35. The third kappa shape index (κ3) is 3.71. The summed E-state index contributed by atoms with van der Waals surface area (Å²) in [4.78, 5) is 23.5. The first-order valence-electron chi connectivity index (χ1n) is 6.69. The van der Waals surface area contributed by atoms with Crippen molar-refractivity contribution in [2.75, 3.05) is 5.32 Å². The van der Waals surface area contributed by atoms with Gasteiger partial charge in [-0.1, -0.05) is 0 Å². The molecule has 0 radical (unpaired) electrons. The molecule has 1 aromatic rings. The van der Waals surface area contributed by atoms with Crippen LogP contribution in [-0.2, 0) is 25.2 Å². The summed E-state index contributed by atoms with van der Waals surface area (Å²) in [5.41, 5.74) is -3.60. The number of rotatable bonds is 2. The van der Waals surface area contributed by atoms with E-state index >= 15 is 0 Å². The number of hydrogen-bond acceptors (Lipinski definition) is 6. The van der Waals surface area contributed by atoms with Crippen LogP contribution in [0.3, 0.4) is 0 Å². The maximum absolute atomic E-state index is 14.1. The summed E-state index contributed by atoms with van der Waals surface area (Å²) in [6.45, 7) is 2.60. The molecule has 0 saturated carbocycles. The van der Waals surface area contributed by atoms with Crippen molar-refractivity contribution < 1.29 is 36.6 Å². The summed E-state index contributed by atoms with van der Waals surface area (Å²) in [5, 5.41) is 10.9. The maximum Gasteiger partial charge on any atom is 0.419 e. The number of carbonyl (C=O) groups is 2. The third-order valence-corrected chi connectivity index (χ3v) is 3.05. The minimum absolute atomic E-state index is 0.415. The van der Waals surface area contributed by atoms with Crippen molar-refractivity contribution in [3.05, 3.63) is 40.8 Å². The number of carbonyl (C=O) groups excluding carboxylic acids is 2. The van der Waals surface area contributed by atoms with Crippen LogP contribution in [0.15, 0.2) is 23.9 Å². The molecule has 0 atom stereocenters. The number of anilines is 1. The Morgan fingerprint density at radius 2 is 1.76 bits per heavy atom. The van der Waals surface area contributed by atoms with Gasteiger partial charge in [-0.2, -0.15) is 18.4 Å². The number of nitrogens with one attached hydrogen (secondary N) is 1. The van der Waals surface area contributed by atoms with Gasteiger partial charge in [0.05, 0.1) is 16.8 Å². The number of cyclic esters (lactones) is 2. The fourth-order valence-electron chi connectivity index (χ4n) is 1.95. The lowest BCUT2D eigenvalue weighted by atomic mass is 10.1. The van der Waals surface area contributed by atoms with Gasteiger partial charge in [0.1, 0.15) is 6.07 Å². The smallest absolute Gasteiger partial charge is 0.419 e. The Hall–Kier alpha value is -3.09. The molecule has 1 saturated heterocycles. The Morgan fingerprint density at radius 3 is 2.24 bits per heavy atom. The van der Waals surface area contributed by atoms with E-state index in [1.807, 2.05) is 5.32 Å². The summed E-state index contributed by atoms with van der Waals surface area (Å²) in [5.74, 6) is -5.48. The summed E-state index contributed by atoms with van der Waals surface area (Å²) < 4.78 is 61.9. The van der Waals surface area contributed by atoms with Crippen LogP contribution in [0.5, 0.6) is 0 Å². The molecule has 1 aliphatic heterocycles. The van der Waals surface area contributed by atoms with E-state index in [2.05, 4.69) is 0 Å². The fraction of sp³-hybridized carbons (Fsp3) is 0.267. The maximum atomic E-state index is 14.1. The standard InChI is InChI=1S/C15H10F4N2O4/c1-14(2)24-12(22)8(13(23)25-14)6-21-11-7(5-20)3-4-9(10(11)16)15(17,18)19/h3-4,6,21H,1-2H3. The fourth-order valence-corrected chi connectivity index (χ4v) is 1.95. The first-order chi connectivity index (χ1) is 11.5. The van der Waals surface area contributed by atoms with Crippen LogP contribution in [0.2, 0.25) is 0 Å². The van der Waals surface area contributed by atoms with Crippen LogP contribution in [0.1, 0.15) is 25.0 Å². The molecule has 1 fully saturated rings. The van der Waals surface area contributed by atoms with Crippen molar-refractivity contribution in [3.8, 4) is 6.07 Å². The van der Waals surface area contributed by atoms with Gasteiger partial charge in [0, 0.05) is 20.0 Å². The Morgan fingerprint density at radius 1 is 1.20 bits per heavy atom. The zero-order chi connectivity index (χ0) is 19.0. The number of esters is 2. The lowest BCUT2D eigenvalue weighted by molar-refractivity contribution is -0.222. The van der Waals surface area contributed by atoms with E-state index in [0.717, 1.165) is 6.07 Å². The zero-order valence-corrected chi connectivity index (χ0v) is 12.8. The molecule has 0 aliphatic carbocycles. The largest absolute Gasteiger partial charge is 0.419 e. The molecule has 25 heavy (non-hydrogen) atoms. The van der Waals surface area contributed by atoms with Gasteiger partial charge < -0.3 is 14.8 Å². The topological polar surface area (TPSA) is 88.4 Å². The van der Waals surface area contributed by atoms with Crippen LogP contribution in [0, 0.1) is 17.1 Å². The number of ether oxygens (including phenoxy) is 2. The number of benzene rings is 1. The lowest BCUT2D eigenvalue weighted by Gasteiger charge is -2.29. The predicted molar refractivity (Wildman–Crippen MR) is 74.1 cm³/mol. The normalized spacial score (nSPS) is 16.6. The van der Waals surface area contributed by atoms with E-state index in [4.69, 9.17) is 14.7 Å². The quantitative estimate of drug-likeness (QED) is 0.379. The van der Waals surface area contributed by atoms with Gasteiger partial charge in [-0.3, -0.25) is 0 Å². The predicted octanol–water partition coefficient (Wildman–Crippen LogP) is 2.85. The molecule has 1 aromatic carbocycles. The summed E-state index contributed by atoms with van der Waals surface area (Å²) in [6, 6.07) is 2.68. The minimum atomic E-state index is -4.99. The van der Waals surface area contributed by atoms with Crippen molar-refractivity contribution in [1.29, 1.82) is 5.26 Å². The second kappa shape index (κ2) is 6.08. The van der Waals surface area contributed by atoms with Crippen molar-refractivity contribution in [3.63, 3.8) is 0 Å². The van der Waals surface area contributed by atoms with Crippen molar-refractivity contribution >= 4 is 17.6 Å². The van der Waals surface area contributed by atoms with Gasteiger partial charge in [0.15, 0.2) is 11.4 Å². The molecule has 2 rings (SSSR count). The van der Waals surface area contributed by atoms with Crippen LogP contribution < -0.4 is 5.32 Å². The van der Waals surface area contributed by atoms with E-state index in [1.54, 1.807) is 0 Å². The molecular weight excluding hydrogens is 348 g/mol. The molecule has 0 bridgehead atoms. The van der Waals surface area contributed by atoms with Gasteiger partial charge in [-0.05, 0) is 12.1 Å². The average molecular weight is 358 g/mol. The van der Waals surface area contributed by atoms with Crippen molar-refractivity contribution in [2.45, 2.75) is 25.8 Å². The Bertz CT molecular complexity index is 800. The Kier molecular flexibility index (Phi) is 4.44. The van der Waals surface area contributed by atoms with E-state index in [9.17, 15) is 27.2 Å². The molecule has 10 heteroatoms. The van der Waals surface area contributed by atoms with E-state index in [1.165, 1.54) is 19.9 Å². The molecular formula is C15H10F4N2O4. The number of alkyl halides is 3. The third-order valence-electron chi connectivity index (χ3n) is 3.05. The van der Waals surface area contributed by atoms with Crippen molar-refractivity contribution in [2.24, 2.45) is 0 Å². The highest BCUT2D eigenvalue weighted by atomic mass is 19.4. The highest BCUT2D eigenvalue weighted by Gasteiger charge is 2.39. The first-order valence-corrected chi connectivity index (χ1v) is 6.69. The van der Waals surface area contributed by atoms with Gasteiger partial charge in [0.25, 0.3) is 5.79 Å². The van der Waals surface area contributed by atoms with Gasteiger partial charge in [-0.15, -0.1) is 0 Å². The summed E-state index contributed by atoms with van der Waals surface area (Å²) in [6.07, 6.45) is -4.37. The van der Waals surface area contributed by atoms with E-state index < -0.39 is 52.1 Å². The SMILES string of the molecule is CC1(C)OC(=O)C(=CNc2c(C#N)ccc(C(F)(F)F)c2F)C(=O)O1. The van der Waals surface area contributed by atoms with Crippen molar-refractivity contribution in [1.82, 2.24) is 0 Å². The molecule has 0 aromatic heterocycles. The van der Waals surface area contributed by atoms with Gasteiger partial charge >= 0.3 is 18.1 Å². The first kappa shape index (κ1) is 18.3. The monoisotopic (exact) mass is 358 g/mol. The second-order valence-corrected chi connectivity index (χ2v) is 5.34. The Balaban J connectivity index is 2.42. The lowest BCUT2D eigenvalue weighted by Crippen LogP contribution is -2.42. The van der Waals surface area contributed by atoms with Crippen LogP contribution in [0.25, 0.3) is 0 Å². The molecule has 1 N–H and O–H groups in total. The van der Waals surface area contributed by atoms with E-state index in [-0.39, 0.29) is 0 Å². The Labute approximate surface area is 138 Å². The van der Waals surface area contributed by atoms with Crippen LogP contribution in [0.4, 0.5) is 23.2 Å².